The fraction of sp³-hybridized carbons (Fsp3) is 0.143. The molecule has 0 heterocycles. The number of nitrogens with two attached hydrogens (primary N) is 1. The Labute approximate surface area is 109 Å². The molecular weight excluding hydrogens is 281 g/mol. The molecule has 0 spiro atoms. The highest BCUT2D eigenvalue weighted by Crippen LogP contribution is 2.30. The molecule has 17 heavy (non-hydrogen) atoms. The van der Waals surface area contributed by atoms with Crippen LogP contribution in [0.1, 0.15) is 11.1 Å². The minimum absolute atomic E-state index is 0.232. The molecule has 0 fully saturated rings. The molecule has 0 radical (unpaired) electrons. The van der Waals surface area contributed by atoms with Gasteiger partial charge < -0.3 is 5.73 Å². The summed E-state index contributed by atoms with van der Waals surface area (Å²) >= 11 is 3.20. The molecule has 1 nitrogen and oxygen atoms in total. The molecule has 2 rings (SSSR count). The standard InChI is InChI=1S/C14H13BrFN/c1-9-5-6-10(8-17)7-12(9)11-3-2-4-13(15)14(11)16/h2-7H,8,17H2,1H3. The second-order valence-electron chi connectivity index (χ2n) is 3.95. The van der Waals surface area contributed by atoms with Crippen LogP contribution in [0.2, 0.25) is 0 Å². The van der Waals surface area contributed by atoms with Crippen molar-refractivity contribution in [2.75, 3.05) is 0 Å². The first-order valence-electron chi connectivity index (χ1n) is 5.37. The van der Waals surface area contributed by atoms with Crippen LogP contribution in [0.3, 0.4) is 0 Å². The lowest BCUT2D eigenvalue weighted by molar-refractivity contribution is 0.624. The summed E-state index contributed by atoms with van der Waals surface area (Å²) in [6, 6.07) is 11.2. The van der Waals surface area contributed by atoms with Crippen LogP contribution in [0.4, 0.5) is 4.39 Å². The van der Waals surface area contributed by atoms with E-state index in [2.05, 4.69) is 15.9 Å². The Hall–Kier alpha value is -1.19. The molecular formula is C14H13BrFN. The van der Waals surface area contributed by atoms with E-state index in [0.717, 1.165) is 16.7 Å². The molecule has 2 aromatic carbocycles. The molecule has 0 aliphatic rings. The van der Waals surface area contributed by atoms with Gasteiger partial charge in [-0.3, -0.25) is 0 Å². The summed E-state index contributed by atoms with van der Waals surface area (Å²) in [5.74, 6) is -0.232. The fourth-order valence-corrected chi connectivity index (χ4v) is 2.16. The third kappa shape index (κ3) is 2.40. The molecule has 0 aliphatic carbocycles. The zero-order valence-corrected chi connectivity index (χ0v) is 11.1. The second kappa shape index (κ2) is 4.98. The molecule has 0 saturated heterocycles. The zero-order chi connectivity index (χ0) is 12.4. The van der Waals surface area contributed by atoms with E-state index in [-0.39, 0.29) is 5.82 Å². The summed E-state index contributed by atoms with van der Waals surface area (Å²) in [5.41, 5.74) is 9.16. The van der Waals surface area contributed by atoms with E-state index in [0.29, 0.717) is 16.6 Å². The Balaban J connectivity index is 2.63. The molecule has 0 bridgehead atoms. The molecule has 2 aromatic rings. The molecule has 0 unspecified atom stereocenters. The minimum Gasteiger partial charge on any atom is -0.326 e. The number of benzene rings is 2. The van der Waals surface area contributed by atoms with Crippen molar-refractivity contribution in [3.63, 3.8) is 0 Å². The van der Waals surface area contributed by atoms with Gasteiger partial charge in [-0.25, -0.2) is 4.39 Å². The third-order valence-corrected chi connectivity index (χ3v) is 3.39. The molecule has 0 atom stereocenters. The highest BCUT2D eigenvalue weighted by Gasteiger charge is 2.10. The van der Waals surface area contributed by atoms with Gasteiger partial charge in [0, 0.05) is 12.1 Å². The molecule has 2 N–H and O–H groups in total. The lowest BCUT2D eigenvalue weighted by Crippen LogP contribution is -1.98. The summed E-state index contributed by atoms with van der Waals surface area (Å²) in [6.45, 7) is 2.43. The van der Waals surface area contributed by atoms with Gasteiger partial charge in [-0.1, -0.05) is 24.3 Å². The van der Waals surface area contributed by atoms with E-state index in [1.165, 1.54) is 0 Å². The second-order valence-corrected chi connectivity index (χ2v) is 4.81. The van der Waals surface area contributed by atoms with E-state index in [1.807, 2.05) is 31.2 Å². The van der Waals surface area contributed by atoms with Crippen LogP contribution in [-0.4, -0.2) is 0 Å². The summed E-state index contributed by atoms with van der Waals surface area (Å²) in [4.78, 5) is 0. The number of rotatable bonds is 2. The third-order valence-electron chi connectivity index (χ3n) is 2.78. The average molecular weight is 294 g/mol. The number of halogens is 2. The molecule has 0 amide bonds. The van der Waals surface area contributed by atoms with Crippen molar-refractivity contribution in [2.45, 2.75) is 13.5 Å². The fourth-order valence-electron chi connectivity index (χ4n) is 1.80. The van der Waals surface area contributed by atoms with Crippen LogP contribution < -0.4 is 5.73 Å². The van der Waals surface area contributed by atoms with Crippen molar-refractivity contribution in [2.24, 2.45) is 5.73 Å². The Morgan fingerprint density at radius 3 is 2.65 bits per heavy atom. The van der Waals surface area contributed by atoms with Gasteiger partial charge in [0.05, 0.1) is 4.47 Å². The average Bonchev–Trinajstić information content (AvgIpc) is 2.34. The smallest absolute Gasteiger partial charge is 0.145 e. The van der Waals surface area contributed by atoms with E-state index >= 15 is 0 Å². The summed E-state index contributed by atoms with van der Waals surface area (Å²) in [6.07, 6.45) is 0. The topological polar surface area (TPSA) is 26.0 Å². The van der Waals surface area contributed by atoms with Crippen LogP contribution in [0.25, 0.3) is 11.1 Å². The summed E-state index contributed by atoms with van der Waals surface area (Å²) in [5, 5.41) is 0. The summed E-state index contributed by atoms with van der Waals surface area (Å²) in [7, 11) is 0. The Kier molecular flexibility index (Phi) is 3.60. The maximum Gasteiger partial charge on any atom is 0.145 e. The van der Waals surface area contributed by atoms with Crippen molar-refractivity contribution >= 4 is 15.9 Å². The first-order chi connectivity index (χ1) is 8.13. The highest BCUT2D eigenvalue weighted by molar-refractivity contribution is 9.10. The molecule has 0 saturated carbocycles. The monoisotopic (exact) mass is 293 g/mol. The van der Waals surface area contributed by atoms with Gasteiger partial charge in [0.1, 0.15) is 5.82 Å². The van der Waals surface area contributed by atoms with E-state index in [9.17, 15) is 4.39 Å². The number of hydrogen-bond acceptors (Lipinski definition) is 1. The maximum absolute atomic E-state index is 14.0. The van der Waals surface area contributed by atoms with Crippen molar-refractivity contribution < 1.29 is 4.39 Å². The SMILES string of the molecule is Cc1ccc(CN)cc1-c1cccc(Br)c1F. The van der Waals surface area contributed by atoms with Gasteiger partial charge in [-0.2, -0.15) is 0 Å². The Morgan fingerprint density at radius 2 is 1.94 bits per heavy atom. The molecule has 0 aromatic heterocycles. The predicted octanol–water partition coefficient (Wildman–Crippen LogP) is 4.02. The van der Waals surface area contributed by atoms with E-state index < -0.39 is 0 Å². The van der Waals surface area contributed by atoms with Gasteiger partial charge in [0.15, 0.2) is 0 Å². The van der Waals surface area contributed by atoms with Crippen molar-refractivity contribution in [3.8, 4) is 11.1 Å². The lowest BCUT2D eigenvalue weighted by atomic mass is 9.98. The zero-order valence-electron chi connectivity index (χ0n) is 9.50. The van der Waals surface area contributed by atoms with Gasteiger partial charge in [0.2, 0.25) is 0 Å². The largest absolute Gasteiger partial charge is 0.326 e. The van der Waals surface area contributed by atoms with E-state index in [4.69, 9.17) is 5.73 Å². The first kappa shape index (κ1) is 12.3. The van der Waals surface area contributed by atoms with Crippen LogP contribution in [-0.2, 0) is 6.54 Å². The normalized spacial score (nSPS) is 10.6. The first-order valence-corrected chi connectivity index (χ1v) is 6.16. The van der Waals surface area contributed by atoms with Crippen LogP contribution in [0.5, 0.6) is 0 Å². The lowest BCUT2D eigenvalue weighted by Gasteiger charge is -2.10. The van der Waals surface area contributed by atoms with Crippen molar-refractivity contribution in [1.29, 1.82) is 0 Å². The van der Waals surface area contributed by atoms with Gasteiger partial charge in [-0.05, 0) is 51.7 Å². The van der Waals surface area contributed by atoms with Crippen LogP contribution in [0.15, 0.2) is 40.9 Å². The van der Waals surface area contributed by atoms with Crippen LogP contribution >= 0.6 is 15.9 Å². The van der Waals surface area contributed by atoms with Gasteiger partial charge in [-0.15, -0.1) is 0 Å². The molecule has 88 valence electrons. The maximum atomic E-state index is 14.0. The van der Waals surface area contributed by atoms with Crippen LogP contribution in [0, 0.1) is 12.7 Å². The van der Waals surface area contributed by atoms with Gasteiger partial charge >= 0.3 is 0 Å². The number of aryl methyl sites for hydroxylation is 1. The minimum atomic E-state index is -0.232. The Bertz CT molecular complexity index is 552. The van der Waals surface area contributed by atoms with E-state index in [1.54, 1.807) is 12.1 Å². The predicted molar refractivity (Wildman–Crippen MR) is 72.2 cm³/mol. The van der Waals surface area contributed by atoms with Crippen molar-refractivity contribution in [3.05, 3.63) is 57.8 Å². The van der Waals surface area contributed by atoms with Crippen molar-refractivity contribution in [1.82, 2.24) is 0 Å². The number of hydrogen-bond donors (Lipinski definition) is 1. The molecule has 0 aliphatic heterocycles. The quantitative estimate of drug-likeness (QED) is 0.889. The summed E-state index contributed by atoms with van der Waals surface area (Å²) < 4.78 is 14.5. The molecule has 3 heteroatoms. The Morgan fingerprint density at radius 1 is 1.18 bits per heavy atom. The van der Waals surface area contributed by atoms with Gasteiger partial charge in [0.25, 0.3) is 0 Å². The highest BCUT2D eigenvalue weighted by atomic mass is 79.9.